The number of aromatic nitrogens is 2. The van der Waals surface area contributed by atoms with Gasteiger partial charge in [0.25, 0.3) is 0 Å². The van der Waals surface area contributed by atoms with Crippen LogP contribution in [0.15, 0.2) is 83.4 Å². The first-order valence-corrected chi connectivity index (χ1v) is 11.9. The highest BCUT2D eigenvalue weighted by atomic mass is 16.5. The van der Waals surface area contributed by atoms with Crippen molar-refractivity contribution < 1.29 is 14.1 Å². The Morgan fingerprint density at radius 2 is 1.74 bits per heavy atom. The topological polar surface area (TPSA) is 80.5 Å². The van der Waals surface area contributed by atoms with Crippen LogP contribution in [0.2, 0.25) is 0 Å². The summed E-state index contributed by atoms with van der Waals surface area (Å²) >= 11 is 0. The molecule has 178 valence electrons. The van der Waals surface area contributed by atoms with Crippen LogP contribution in [0.25, 0.3) is 11.4 Å². The molecule has 1 fully saturated rings. The van der Waals surface area contributed by atoms with Gasteiger partial charge < -0.3 is 14.6 Å². The molecule has 0 saturated carbocycles. The average Bonchev–Trinajstić information content (AvgIpc) is 3.35. The molecule has 1 aliphatic rings. The van der Waals surface area contributed by atoms with Crippen molar-refractivity contribution in [2.24, 2.45) is 5.92 Å². The molecule has 0 aliphatic carbocycles. The Hall–Kier alpha value is -3.97. The number of hydrogen-bond acceptors (Lipinski definition) is 6. The first kappa shape index (κ1) is 22.8. The van der Waals surface area contributed by atoms with E-state index in [4.69, 9.17) is 9.26 Å². The molecule has 4 aromatic rings. The molecule has 1 N–H and O–H groups in total. The summed E-state index contributed by atoms with van der Waals surface area (Å²) in [6.07, 6.45) is 1.58. The van der Waals surface area contributed by atoms with Gasteiger partial charge in [-0.05, 0) is 75.3 Å². The van der Waals surface area contributed by atoms with Crippen LogP contribution in [0, 0.1) is 12.8 Å². The normalized spacial score (nSPS) is 14.5. The van der Waals surface area contributed by atoms with Crippen LogP contribution >= 0.6 is 0 Å². The largest absolute Gasteiger partial charge is 0.457 e. The van der Waals surface area contributed by atoms with E-state index in [2.05, 4.69) is 20.4 Å². The van der Waals surface area contributed by atoms with E-state index in [1.54, 1.807) is 0 Å². The lowest BCUT2D eigenvalue weighted by molar-refractivity contribution is -0.121. The highest BCUT2D eigenvalue weighted by molar-refractivity contribution is 5.92. The number of likely N-dealkylation sites (tertiary alicyclic amines) is 1. The number of carbonyl (C=O) groups is 1. The summed E-state index contributed by atoms with van der Waals surface area (Å²) in [5.74, 6) is 2.76. The lowest BCUT2D eigenvalue weighted by atomic mass is 9.96. The number of anilines is 1. The molecule has 0 radical (unpaired) electrons. The maximum absolute atomic E-state index is 12.8. The monoisotopic (exact) mass is 468 g/mol. The summed E-state index contributed by atoms with van der Waals surface area (Å²) in [5, 5.41) is 7.17. The van der Waals surface area contributed by atoms with E-state index in [0.29, 0.717) is 18.3 Å². The average molecular weight is 469 g/mol. The molecule has 7 heteroatoms. The number of ether oxygens (including phenoxy) is 1. The van der Waals surface area contributed by atoms with Gasteiger partial charge in [0.05, 0.1) is 6.54 Å². The minimum atomic E-state index is -0.0166. The van der Waals surface area contributed by atoms with Crippen molar-refractivity contribution in [2.75, 3.05) is 18.4 Å². The number of carbonyl (C=O) groups excluding carboxylic acids is 1. The summed E-state index contributed by atoms with van der Waals surface area (Å²) in [4.78, 5) is 19.6. The molecule has 0 unspecified atom stereocenters. The lowest BCUT2D eigenvalue weighted by Crippen LogP contribution is -2.37. The summed E-state index contributed by atoms with van der Waals surface area (Å²) in [6.45, 7) is 4.25. The number of piperidine rings is 1. The molecule has 2 heterocycles. The van der Waals surface area contributed by atoms with Gasteiger partial charge in [-0.25, -0.2) is 0 Å². The fourth-order valence-electron chi connectivity index (χ4n) is 4.24. The maximum Gasteiger partial charge on any atom is 0.241 e. The predicted octanol–water partition coefficient (Wildman–Crippen LogP) is 5.69. The smallest absolute Gasteiger partial charge is 0.241 e. The van der Waals surface area contributed by atoms with Crippen molar-refractivity contribution in [1.29, 1.82) is 0 Å². The minimum absolute atomic E-state index is 0.0166. The van der Waals surface area contributed by atoms with Gasteiger partial charge in [0.15, 0.2) is 0 Å². The first-order chi connectivity index (χ1) is 17.1. The second-order valence-corrected chi connectivity index (χ2v) is 8.86. The molecule has 35 heavy (non-hydrogen) atoms. The van der Waals surface area contributed by atoms with Gasteiger partial charge in [-0.1, -0.05) is 47.1 Å². The fraction of sp³-hybridized carbons (Fsp3) is 0.250. The molecule has 1 amide bonds. The molecule has 1 aromatic heterocycles. The highest BCUT2D eigenvalue weighted by Crippen LogP contribution is 2.25. The number of amides is 1. The SMILES string of the molecule is Cc1cccc(-c2noc(CN3CCC(C(=O)Nc4ccc(Oc5ccccc5)cc4)CC3)n2)c1. The van der Waals surface area contributed by atoms with Crippen LogP contribution in [0.4, 0.5) is 5.69 Å². The van der Waals surface area contributed by atoms with E-state index in [0.717, 1.165) is 54.2 Å². The van der Waals surface area contributed by atoms with Crippen molar-refractivity contribution in [1.82, 2.24) is 15.0 Å². The number of para-hydroxylation sites is 1. The van der Waals surface area contributed by atoms with Crippen molar-refractivity contribution in [3.05, 3.63) is 90.3 Å². The van der Waals surface area contributed by atoms with E-state index in [1.165, 1.54) is 0 Å². The van der Waals surface area contributed by atoms with Crippen LogP contribution in [0.3, 0.4) is 0 Å². The second kappa shape index (κ2) is 10.5. The molecule has 1 aliphatic heterocycles. The van der Waals surface area contributed by atoms with Crippen LogP contribution < -0.4 is 10.1 Å². The number of nitrogens with zero attached hydrogens (tertiary/aromatic N) is 3. The lowest BCUT2D eigenvalue weighted by Gasteiger charge is -2.30. The predicted molar refractivity (Wildman–Crippen MR) is 134 cm³/mol. The summed E-state index contributed by atoms with van der Waals surface area (Å²) in [6, 6.07) is 25.1. The molecule has 5 rings (SSSR count). The molecular weight excluding hydrogens is 440 g/mol. The Morgan fingerprint density at radius 3 is 2.49 bits per heavy atom. The third kappa shape index (κ3) is 5.94. The minimum Gasteiger partial charge on any atom is -0.457 e. The molecular formula is C28H28N4O3. The van der Waals surface area contributed by atoms with Crippen molar-refractivity contribution in [3.8, 4) is 22.9 Å². The Kier molecular flexibility index (Phi) is 6.86. The standard InChI is InChI=1S/C28H28N4O3/c1-20-6-5-7-22(18-20)27-30-26(35-31-27)19-32-16-14-21(15-17-32)28(33)29-23-10-12-25(13-11-23)34-24-8-3-2-4-9-24/h2-13,18,21H,14-17,19H2,1H3,(H,29,33). The van der Waals surface area contributed by atoms with Gasteiger partial charge in [-0.2, -0.15) is 4.98 Å². The molecule has 0 atom stereocenters. The zero-order valence-corrected chi connectivity index (χ0v) is 19.7. The maximum atomic E-state index is 12.8. The van der Waals surface area contributed by atoms with Crippen molar-refractivity contribution in [3.63, 3.8) is 0 Å². The van der Waals surface area contributed by atoms with Crippen LogP contribution in [-0.4, -0.2) is 34.0 Å². The van der Waals surface area contributed by atoms with E-state index >= 15 is 0 Å². The number of nitrogens with one attached hydrogen (secondary N) is 1. The van der Waals surface area contributed by atoms with Crippen LogP contribution in [0.5, 0.6) is 11.5 Å². The molecule has 0 spiro atoms. The number of aryl methyl sites for hydroxylation is 1. The summed E-state index contributed by atoms with van der Waals surface area (Å²) < 4.78 is 11.3. The summed E-state index contributed by atoms with van der Waals surface area (Å²) in [5.41, 5.74) is 2.88. The van der Waals surface area contributed by atoms with Gasteiger partial charge in [0, 0.05) is 17.2 Å². The van der Waals surface area contributed by atoms with Gasteiger partial charge in [0.1, 0.15) is 11.5 Å². The van der Waals surface area contributed by atoms with Gasteiger partial charge in [-0.15, -0.1) is 0 Å². The van der Waals surface area contributed by atoms with E-state index in [9.17, 15) is 4.79 Å². The van der Waals surface area contributed by atoms with E-state index in [1.807, 2.05) is 85.8 Å². The van der Waals surface area contributed by atoms with Gasteiger partial charge >= 0.3 is 0 Å². The molecule has 7 nitrogen and oxygen atoms in total. The van der Waals surface area contributed by atoms with E-state index in [-0.39, 0.29) is 11.8 Å². The second-order valence-electron chi connectivity index (χ2n) is 8.86. The Balaban J connectivity index is 1.09. The van der Waals surface area contributed by atoms with E-state index < -0.39 is 0 Å². The molecule has 0 bridgehead atoms. The van der Waals surface area contributed by atoms with Crippen LogP contribution in [0.1, 0.15) is 24.3 Å². The quantitative estimate of drug-likeness (QED) is 0.375. The Morgan fingerprint density at radius 1 is 1.00 bits per heavy atom. The fourth-order valence-corrected chi connectivity index (χ4v) is 4.24. The zero-order chi connectivity index (χ0) is 24.0. The number of hydrogen-bond donors (Lipinski definition) is 1. The van der Waals surface area contributed by atoms with Crippen molar-refractivity contribution in [2.45, 2.75) is 26.3 Å². The highest BCUT2D eigenvalue weighted by Gasteiger charge is 2.26. The third-order valence-electron chi connectivity index (χ3n) is 6.16. The van der Waals surface area contributed by atoms with Gasteiger partial charge in [0.2, 0.25) is 17.6 Å². The zero-order valence-electron chi connectivity index (χ0n) is 19.7. The third-order valence-corrected chi connectivity index (χ3v) is 6.16. The first-order valence-electron chi connectivity index (χ1n) is 11.9. The Bertz CT molecular complexity index is 1260. The van der Waals surface area contributed by atoms with Crippen molar-refractivity contribution >= 4 is 11.6 Å². The van der Waals surface area contributed by atoms with Crippen LogP contribution in [-0.2, 0) is 11.3 Å². The molecule has 3 aromatic carbocycles. The Labute approximate surface area is 204 Å². The van der Waals surface area contributed by atoms with Gasteiger partial charge in [-0.3, -0.25) is 9.69 Å². The number of benzene rings is 3. The summed E-state index contributed by atoms with van der Waals surface area (Å²) in [7, 11) is 0. The molecule has 1 saturated heterocycles. The number of rotatable bonds is 7.